The third-order valence-corrected chi connectivity index (χ3v) is 3.56. The maximum Gasteiger partial charge on any atom is 0.227 e. The summed E-state index contributed by atoms with van der Waals surface area (Å²) in [6.45, 7) is 0. The average Bonchev–Trinajstić information content (AvgIpc) is 2.76. The number of amides is 1. The molecule has 0 heterocycles. The molecule has 0 spiro atoms. The van der Waals surface area contributed by atoms with Crippen molar-refractivity contribution >= 4 is 35.6 Å². The summed E-state index contributed by atoms with van der Waals surface area (Å²) in [6, 6.07) is 5.35. The van der Waals surface area contributed by atoms with Gasteiger partial charge in [0.15, 0.2) is 0 Å². The van der Waals surface area contributed by atoms with Crippen LogP contribution in [0.3, 0.4) is 0 Å². The summed E-state index contributed by atoms with van der Waals surface area (Å²) in [5, 5.41) is 3.35. The third kappa shape index (κ3) is 4.00. The molecule has 1 fully saturated rings. The van der Waals surface area contributed by atoms with E-state index in [1.807, 2.05) is 0 Å². The Morgan fingerprint density at radius 1 is 1.47 bits per heavy atom. The summed E-state index contributed by atoms with van der Waals surface area (Å²) in [4.78, 5) is 12.0. The van der Waals surface area contributed by atoms with Gasteiger partial charge in [0.1, 0.15) is 5.75 Å². The van der Waals surface area contributed by atoms with Gasteiger partial charge in [0, 0.05) is 17.6 Å². The van der Waals surface area contributed by atoms with Crippen molar-refractivity contribution in [3.63, 3.8) is 0 Å². The van der Waals surface area contributed by atoms with Gasteiger partial charge in [-0.1, -0.05) is 11.6 Å². The Bertz CT molecular complexity index is 454. The molecule has 1 saturated carbocycles. The van der Waals surface area contributed by atoms with Crippen LogP contribution >= 0.6 is 24.0 Å². The molecule has 1 aliphatic carbocycles. The first-order chi connectivity index (χ1) is 8.60. The predicted molar refractivity (Wildman–Crippen MR) is 79.2 cm³/mol. The molecule has 2 unspecified atom stereocenters. The highest BCUT2D eigenvalue weighted by Gasteiger charge is 2.27. The van der Waals surface area contributed by atoms with Gasteiger partial charge in [0.2, 0.25) is 5.91 Å². The second kappa shape index (κ2) is 6.98. The summed E-state index contributed by atoms with van der Waals surface area (Å²) in [5.41, 5.74) is 6.49. The molecule has 1 aromatic carbocycles. The first-order valence-corrected chi connectivity index (χ1v) is 6.38. The Balaban J connectivity index is 0.00000180. The topological polar surface area (TPSA) is 64.3 Å². The van der Waals surface area contributed by atoms with Crippen LogP contribution in [-0.4, -0.2) is 19.1 Å². The Morgan fingerprint density at radius 3 is 2.74 bits per heavy atom. The number of halogens is 2. The minimum atomic E-state index is 0. The van der Waals surface area contributed by atoms with Crippen molar-refractivity contribution in [2.45, 2.75) is 25.3 Å². The van der Waals surface area contributed by atoms with Crippen LogP contribution in [0, 0.1) is 5.92 Å². The van der Waals surface area contributed by atoms with E-state index in [-0.39, 0.29) is 30.3 Å². The number of hydrogen-bond acceptors (Lipinski definition) is 3. The molecule has 0 radical (unpaired) electrons. The smallest absolute Gasteiger partial charge is 0.227 e. The highest BCUT2D eigenvalue weighted by atomic mass is 35.5. The molecule has 2 atom stereocenters. The van der Waals surface area contributed by atoms with Gasteiger partial charge < -0.3 is 15.8 Å². The molecule has 2 rings (SSSR count). The van der Waals surface area contributed by atoms with Gasteiger partial charge in [-0.15, -0.1) is 12.4 Å². The summed E-state index contributed by atoms with van der Waals surface area (Å²) in [6.07, 6.45) is 2.54. The summed E-state index contributed by atoms with van der Waals surface area (Å²) in [7, 11) is 1.55. The van der Waals surface area contributed by atoms with Crippen molar-refractivity contribution in [1.82, 2.24) is 0 Å². The molecule has 4 nitrogen and oxygen atoms in total. The number of benzene rings is 1. The maximum atomic E-state index is 12.0. The first-order valence-electron chi connectivity index (χ1n) is 6.00. The fraction of sp³-hybridized carbons (Fsp3) is 0.462. The lowest BCUT2D eigenvalue weighted by Gasteiger charge is -2.12. The van der Waals surface area contributed by atoms with Crippen LogP contribution in [0.25, 0.3) is 0 Å². The molecule has 6 heteroatoms. The van der Waals surface area contributed by atoms with E-state index >= 15 is 0 Å². The van der Waals surface area contributed by atoms with Gasteiger partial charge >= 0.3 is 0 Å². The van der Waals surface area contributed by atoms with Crippen LogP contribution < -0.4 is 15.8 Å². The minimum absolute atomic E-state index is 0. The monoisotopic (exact) mass is 304 g/mol. The van der Waals surface area contributed by atoms with E-state index in [1.165, 1.54) is 0 Å². The number of hydrogen-bond donors (Lipinski definition) is 2. The van der Waals surface area contributed by atoms with Gasteiger partial charge in [0.25, 0.3) is 0 Å². The fourth-order valence-electron chi connectivity index (χ4n) is 2.24. The van der Waals surface area contributed by atoms with E-state index in [4.69, 9.17) is 22.1 Å². The number of nitrogens with two attached hydrogens (primary N) is 1. The van der Waals surface area contributed by atoms with Crippen LogP contribution in [0.15, 0.2) is 18.2 Å². The number of nitrogens with one attached hydrogen (secondary N) is 1. The number of carbonyl (C=O) groups is 1. The van der Waals surface area contributed by atoms with Crippen LogP contribution in [0.2, 0.25) is 5.02 Å². The zero-order chi connectivity index (χ0) is 13.1. The Kier molecular flexibility index (Phi) is 5.91. The van der Waals surface area contributed by atoms with Crippen molar-refractivity contribution in [2.24, 2.45) is 11.7 Å². The van der Waals surface area contributed by atoms with Crippen LogP contribution in [-0.2, 0) is 4.79 Å². The van der Waals surface area contributed by atoms with Crippen LogP contribution in [0.1, 0.15) is 19.3 Å². The van der Waals surface area contributed by atoms with E-state index in [0.29, 0.717) is 16.5 Å². The molecule has 0 bridgehead atoms. The van der Waals surface area contributed by atoms with Crippen LogP contribution in [0.5, 0.6) is 5.75 Å². The summed E-state index contributed by atoms with van der Waals surface area (Å²) >= 11 is 6.00. The first kappa shape index (κ1) is 16.1. The quantitative estimate of drug-likeness (QED) is 0.902. The zero-order valence-electron chi connectivity index (χ0n) is 10.7. The number of anilines is 1. The summed E-state index contributed by atoms with van der Waals surface area (Å²) in [5.74, 6) is 0.627. The largest absolute Gasteiger partial charge is 0.495 e. The van der Waals surface area contributed by atoms with E-state index in [0.717, 1.165) is 19.3 Å². The molecular weight excluding hydrogens is 287 g/mol. The van der Waals surface area contributed by atoms with Crippen LogP contribution in [0.4, 0.5) is 5.69 Å². The van der Waals surface area contributed by atoms with Gasteiger partial charge in [-0.3, -0.25) is 4.79 Å². The van der Waals surface area contributed by atoms with E-state index in [2.05, 4.69) is 5.32 Å². The standard InChI is InChI=1S/C13H17ClN2O2.ClH/c1-18-12-5-4-10(7-11(12)14)16-13(17)8-2-3-9(15)6-8;/h4-5,7-9H,2-3,6,15H2,1H3,(H,16,17);1H. The molecule has 19 heavy (non-hydrogen) atoms. The average molecular weight is 305 g/mol. The third-order valence-electron chi connectivity index (χ3n) is 3.26. The maximum absolute atomic E-state index is 12.0. The molecule has 106 valence electrons. The highest BCUT2D eigenvalue weighted by molar-refractivity contribution is 6.32. The highest BCUT2D eigenvalue weighted by Crippen LogP contribution is 2.29. The zero-order valence-corrected chi connectivity index (χ0v) is 12.3. The van der Waals surface area contributed by atoms with Gasteiger partial charge in [-0.05, 0) is 37.5 Å². The Morgan fingerprint density at radius 2 is 2.21 bits per heavy atom. The van der Waals surface area contributed by atoms with Crippen molar-refractivity contribution < 1.29 is 9.53 Å². The van der Waals surface area contributed by atoms with E-state index in [9.17, 15) is 4.79 Å². The molecule has 0 saturated heterocycles. The van der Waals surface area contributed by atoms with E-state index in [1.54, 1.807) is 25.3 Å². The Labute approximate surface area is 124 Å². The molecule has 3 N–H and O–H groups in total. The number of carbonyl (C=O) groups excluding carboxylic acids is 1. The van der Waals surface area contributed by atoms with Gasteiger partial charge in [-0.2, -0.15) is 0 Å². The van der Waals surface area contributed by atoms with Gasteiger partial charge in [0.05, 0.1) is 12.1 Å². The second-order valence-electron chi connectivity index (χ2n) is 4.61. The Hall–Kier alpha value is -0.970. The number of rotatable bonds is 3. The number of methoxy groups -OCH3 is 1. The lowest BCUT2D eigenvalue weighted by Crippen LogP contribution is -2.23. The van der Waals surface area contributed by atoms with E-state index < -0.39 is 0 Å². The molecule has 0 aromatic heterocycles. The fourth-order valence-corrected chi connectivity index (χ4v) is 2.50. The van der Waals surface area contributed by atoms with Crippen molar-refractivity contribution in [3.05, 3.63) is 23.2 Å². The van der Waals surface area contributed by atoms with Crippen molar-refractivity contribution in [3.8, 4) is 5.75 Å². The van der Waals surface area contributed by atoms with Crippen molar-refractivity contribution in [2.75, 3.05) is 12.4 Å². The lowest BCUT2D eigenvalue weighted by atomic mass is 10.1. The molecule has 0 aliphatic heterocycles. The summed E-state index contributed by atoms with van der Waals surface area (Å²) < 4.78 is 5.06. The minimum Gasteiger partial charge on any atom is -0.495 e. The lowest BCUT2D eigenvalue weighted by molar-refractivity contribution is -0.119. The number of ether oxygens (including phenoxy) is 1. The molecule has 1 aliphatic rings. The second-order valence-corrected chi connectivity index (χ2v) is 5.02. The normalized spacial score (nSPS) is 21.6. The predicted octanol–water partition coefficient (Wildman–Crippen LogP) is 2.84. The molecular formula is C13H18Cl2N2O2. The molecule has 1 amide bonds. The van der Waals surface area contributed by atoms with Crippen molar-refractivity contribution in [1.29, 1.82) is 0 Å². The molecule has 1 aromatic rings. The SMILES string of the molecule is COc1ccc(NC(=O)C2CCC(N)C2)cc1Cl.Cl. The van der Waals surface area contributed by atoms with Gasteiger partial charge in [-0.25, -0.2) is 0 Å².